The third kappa shape index (κ3) is 19.2. The van der Waals surface area contributed by atoms with Crippen LogP contribution in [0.2, 0.25) is 0 Å². The zero-order valence-corrected chi connectivity index (χ0v) is 27.0. The number of ether oxygens (including phenoxy) is 2. The molecule has 2 rings (SSSR count). The van der Waals surface area contributed by atoms with Gasteiger partial charge in [0.15, 0.2) is 5.82 Å². The van der Waals surface area contributed by atoms with E-state index in [0.29, 0.717) is 18.4 Å². The van der Waals surface area contributed by atoms with E-state index in [0.717, 1.165) is 83.2 Å². The van der Waals surface area contributed by atoms with E-state index in [-0.39, 0.29) is 0 Å². The molecule has 1 aliphatic rings. The van der Waals surface area contributed by atoms with Gasteiger partial charge in [-0.3, -0.25) is 10.3 Å². The molecule has 0 aromatic carbocycles. The van der Waals surface area contributed by atoms with Crippen LogP contribution in [0.4, 0.5) is 11.6 Å². The van der Waals surface area contributed by atoms with Crippen LogP contribution in [0.15, 0.2) is 35.0 Å². The Morgan fingerprint density at radius 2 is 1.68 bits per heavy atom. The van der Waals surface area contributed by atoms with Crippen LogP contribution in [0, 0.1) is 12.8 Å². The lowest BCUT2D eigenvalue weighted by molar-refractivity contribution is 0.0317. The number of anilines is 2. The molecule has 40 heavy (non-hydrogen) atoms. The number of hydrogen-bond acceptors (Lipinski definition) is 8. The predicted molar refractivity (Wildman–Crippen MR) is 175 cm³/mol. The lowest BCUT2D eigenvalue weighted by atomic mass is 10.1. The number of hydrogen-bond donors (Lipinski definition) is 1. The number of allylic oxidation sites excluding steroid dienone is 4. The maximum Gasteiger partial charge on any atom is 0.320 e. The van der Waals surface area contributed by atoms with Crippen LogP contribution in [-0.2, 0) is 4.74 Å². The molecule has 1 aliphatic heterocycles. The van der Waals surface area contributed by atoms with E-state index in [1.165, 1.54) is 5.57 Å². The molecule has 2 heterocycles. The van der Waals surface area contributed by atoms with Crippen molar-refractivity contribution in [2.45, 2.75) is 88.0 Å². The van der Waals surface area contributed by atoms with Gasteiger partial charge in [0.2, 0.25) is 0 Å². The normalized spacial score (nSPS) is 13.7. The Morgan fingerprint density at radius 3 is 2.20 bits per heavy atom. The van der Waals surface area contributed by atoms with Gasteiger partial charge >= 0.3 is 6.01 Å². The van der Waals surface area contributed by atoms with E-state index in [2.05, 4.69) is 71.9 Å². The second kappa shape index (κ2) is 27.7. The van der Waals surface area contributed by atoms with Crippen molar-refractivity contribution >= 4 is 17.3 Å². The molecule has 0 aliphatic carbocycles. The van der Waals surface area contributed by atoms with Crippen LogP contribution in [0.5, 0.6) is 6.01 Å². The van der Waals surface area contributed by atoms with E-state index >= 15 is 0 Å². The van der Waals surface area contributed by atoms with Crippen molar-refractivity contribution in [3.63, 3.8) is 0 Å². The fourth-order valence-corrected chi connectivity index (χ4v) is 3.68. The summed E-state index contributed by atoms with van der Waals surface area (Å²) >= 11 is 0. The molecule has 1 fully saturated rings. The molecule has 1 aromatic heterocycles. The second-order valence-electron chi connectivity index (χ2n) is 8.94. The number of hydrazone groups is 1. The molecule has 1 aromatic rings. The van der Waals surface area contributed by atoms with E-state index in [4.69, 9.17) is 14.5 Å². The van der Waals surface area contributed by atoms with Gasteiger partial charge in [-0.05, 0) is 47.0 Å². The lowest BCUT2D eigenvalue weighted by Gasteiger charge is -2.26. The van der Waals surface area contributed by atoms with Crippen LogP contribution in [0.25, 0.3) is 0 Å². The summed E-state index contributed by atoms with van der Waals surface area (Å²) < 4.78 is 11.4. The Hall–Kier alpha value is -2.89. The molecular weight excluding hydrogens is 500 g/mol. The predicted octanol–water partition coefficient (Wildman–Crippen LogP) is 7.21. The van der Waals surface area contributed by atoms with Gasteiger partial charge in [-0.2, -0.15) is 15.1 Å². The van der Waals surface area contributed by atoms with Gasteiger partial charge in [0.1, 0.15) is 12.4 Å². The zero-order valence-electron chi connectivity index (χ0n) is 27.0. The summed E-state index contributed by atoms with van der Waals surface area (Å²) in [6.07, 6.45) is 18.2. The minimum absolute atomic E-state index is 0.394. The average Bonchev–Trinajstić information content (AvgIpc) is 2.99. The van der Waals surface area contributed by atoms with Crippen LogP contribution in [-0.4, -0.2) is 73.1 Å². The lowest BCUT2D eigenvalue weighted by Crippen LogP contribution is -2.38. The minimum Gasteiger partial charge on any atom is -0.462 e. The summed E-state index contributed by atoms with van der Waals surface area (Å²) in [7, 11) is 0. The summed E-state index contributed by atoms with van der Waals surface area (Å²) in [6.45, 7) is 25.4. The van der Waals surface area contributed by atoms with Gasteiger partial charge < -0.3 is 14.4 Å². The highest BCUT2D eigenvalue weighted by molar-refractivity contribution is 5.84. The summed E-state index contributed by atoms with van der Waals surface area (Å²) in [5.74, 6) is 1.53. The second-order valence-corrected chi connectivity index (χ2v) is 8.94. The van der Waals surface area contributed by atoms with Crippen molar-refractivity contribution in [1.82, 2.24) is 14.9 Å². The number of nitrogens with one attached hydrogen (secondary N) is 1. The Bertz CT molecular complexity index is 835. The minimum atomic E-state index is 0.394. The quantitative estimate of drug-likeness (QED) is 0.112. The number of nitrogens with zero attached hydrogens (tertiary/aromatic N) is 5. The molecule has 228 valence electrons. The van der Waals surface area contributed by atoms with Gasteiger partial charge in [-0.15, -0.1) is 12.8 Å². The molecule has 0 atom stereocenters. The van der Waals surface area contributed by atoms with E-state index in [1.807, 2.05) is 52.8 Å². The van der Waals surface area contributed by atoms with E-state index in [9.17, 15) is 0 Å². The summed E-state index contributed by atoms with van der Waals surface area (Å²) in [4.78, 5) is 13.9. The summed E-state index contributed by atoms with van der Waals surface area (Å²) in [5, 5.41) is 4.54. The van der Waals surface area contributed by atoms with Gasteiger partial charge in [0.25, 0.3) is 0 Å². The molecule has 8 heteroatoms. The molecule has 0 radical (unpaired) electrons. The van der Waals surface area contributed by atoms with Crippen LogP contribution in [0.3, 0.4) is 0 Å². The van der Waals surface area contributed by atoms with Crippen molar-refractivity contribution in [2.75, 3.05) is 62.9 Å². The van der Waals surface area contributed by atoms with Crippen molar-refractivity contribution in [2.24, 2.45) is 5.10 Å². The maximum absolute atomic E-state index is 5.97. The fourth-order valence-electron chi connectivity index (χ4n) is 3.68. The molecule has 0 unspecified atom stereocenters. The van der Waals surface area contributed by atoms with Crippen molar-refractivity contribution in [3.05, 3.63) is 29.9 Å². The highest BCUT2D eigenvalue weighted by Gasteiger charge is 2.14. The van der Waals surface area contributed by atoms with Crippen LogP contribution in [0.1, 0.15) is 88.0 Å². The third-order valence-corrected chi connectivity index (χ3v) is 5.53. The monoisotopic (exact) mass is 558 g/mol. The standard InChI is InChI=1S/C24H42N6O2.C4H8.C2H6.C2H2/c1-6-9-20(4)18-21(5)27-28-22-19-23(30(10-7-2)11-8-3)26-24(25-22)32-17-14-29-12-15-31-16-13-29;1-3-4-2;2*1-2/h9,19H,6-8,10-18H2,1-5H3,(H,25,26,28);3-4H,1-2H3;1-2H3;1-2H/b20-9-,27-21+;4-3-;;. The van der Waals surface area contributed by atoms with Crippen LogP contribution >= 0.6 is 0 Å². The first-order valence-corrected chi connectivity index (χ1v) is 14.9. The number of morpholine rings is 1. The number of terminal acetylenes is 1. The average molecular weight is 559 g/mol. The summed E-state index contributed by atoms with van der Waals surface area (Å²) in [6, 6.07) is 2.36. The zero-order chi connectivity index (χ0) is 30.6. The highest BCUT2D eigenvalue weighted by Crippen LogP contribution is 2.21. The van der Waals surface area contributed by atoms with E-state index in [1.54, 1.807) is 0 Å². The van der Waals surface area contributed by atoms with E-state index < -0.39 is 0 Å². The molecule has 1 N–H and O–H groups in total. The molecule has 8 nitrogen and oxygen atoms in total. The fraction of sp³-hybridized carbons (Fsp3) is 0.656. The molecular formula is C32H58N6O2. The Balaban J connectivity index is 0. The number of rotatable bonds is 14. The van der Waals surface area contributed by atoms with Gasteiger partial charge in [-0.1, -0.05) is 58.4 Å². The van der Waals surface area contributed by atoms with Crippen molar-refractivity contribution < 1.29 is 9.47 Å². The molecule has 0 amide bonds. The van der Waals surface area contributed by atoms with Gasteiger partial charge in [0.05, 0.1) is 13.2 Å². The Morgan fingerprint density at radius 1 is 1.07 bits per heavy atom. The maximum atomic E-state index is 5.97. The molecule has 0 bridgehead atoms. The first kappa shape index (κ1) is 39.3. The molecule has 0 saturated carbocycles. The first-order valence-electron chi connectivity index (χ1n) is 14.9. The smallest absolute Gasteiger partial charge is 0.320 e. The Labute approximate surface area is 246 Å². The number of aromatic nitrogens is 2. The van der Waals surface area contributed by atoms with Crippen molar-refractivity contribution in [3.8, 4) is 18.9 Å². The van der Waals surface area contributed by atoms with Crippen LogP contribution < -0.4 is 15.1 Å². The highest BCUT2D eigenvalue weighted by atomic mass is 16.5. The summed E-state index contributed by atoms with van der Waals surface area (Å²) in [5.41, 5.74) is 5.46. The van der Waals surface area contributed by atoms with Gasteiger partial charge in [0, 0.05) is 50.9 Å². The largest absolute Gasteiger partial charge is 0.462 e. The Kier molecular flexibility index (Phi) is 27.2. The van der Waals surface area contributed by atoms with Crippen molar-refractivity contribution in [1.29, 1.82) is 0 Å². The molecule has 0 spiro atoms. The topological polar surface area (TPSA) is 75.1 Å². The van der Waals surface area contributed by atoms with Gasteiger partial charge in [-0.25, -0.2) is 0 Å². The molecule has 1 saturated heterocycles. The third-order valence-electron chi connectivity index (χ3n) is 5.53. The first-order chi connectivity index (χ1) is 19.5. The SMILES string of the molecule is C#C.C/C=C\C.CC.CC/C=C(/C)C/C(C)=N/Nc1cc(N(CCC)CCC)nc(OCCN2CCOCC2)n1.